The van der Waals surface area contributed by atoms with E-state index in [9.17, 15) is 9.18 Å². The number of halogens is 1. The first kappa shape index (κ1) is 13.6. The van der Waals surface area contributed by atoms with Crippen LogP contribution >= 0.6 is 11.3 Å². The zero-order chi connectivity index (χ0) is 13.8. The van der Waals surface area contributed by atoms with Gasteiger partial charge in [-0.3, -0.25) is 4.79 Å². The van der Waals surface area contributed by atoms with Crippen molar-refractivity contribution >= 4 is 22.9 Å². The van der Waals surface area contributed by atoms with Gasteiger partial charge in [0.25, 0.3) is 5.91 Å². The van der Waals surface area contributed by atoms with E-state index >= 15 is 0 Å². The molecule has 1 heterocycles. The number of carbonyl (C=O) groups excluding carboxylic acids is 1. The Morgan fingerprint density at radius 1 is 1.53 bits per heavy atom. The molecule has 1 amide bonds. The first-order valence-corrected chi connectivity index (χ1v) is 6.70. The fourth-order valence-electron chi connectivity index (χ4n) is 1.58. The van der Waals surface area contributed by atoms with E-state index in [-0.39, 0.29) is 11.7 Å². The minimum Gasteiger partial charge on any atom is -0.330 e. The van der Waals surface area contributed by atoms with Crippen LogP contribution in [0.15, 0.2) is 23.6 Å². The largest absolute Gasteiger partial charge is 0.330 e. The Kier molecular flexibility index (Phi) is 4.24. The maximum absolute atomic E-state index is 13.4. The predicted molar refractivity (Wildman–Crippen MR) is 74.0 cm³/mol. The molecule has 0 fully saturated rings. The highest BCUT2D eigenvalue weighted by atomic mass is 32.1. The van der Waals surface area contributed by atoms with Crippen molar-refractivity contribution in [3.63, 3.8) is 0 Å². The van der Waals surface area contributed by atoms with Gasteiger partial charge in [0.2, 0.25) is 0 Å². The zero-order valence-electron chi connectivity index (χ0n) is 10.4. The van der Waals surface area contributed by atoms with E-state index in [1.165, 1.54) is 17.4 Å². The van der Waals surface area contributed by atoms with E-state index in [2.05, 4.69) is 10.3 Å². The summed E-state index contributed by atoms with van der Waals surface area (Å²) in [5.74, 6) is -0.687. The molecule has 6 heteroatoms. The lowest BCUT2D eigenvalue weighted by atomic mass is 10.2. The molecule has 0 aliphatic carbocycles. The third-order valence-electron chi connectivity index (χ3n) is 2.66. The molecule has 19 heavy (non-hydrogen) atoms. The van der Waals surface area contributed by atoms with Crippen LogP contribution in [0, 0.1) is 12.7 Å². The molecule has 1 aromatic heterocycles. The Balaban J connectivity index is 2.14. The van der Waals surface area contributed by atoms with E-state index in [4.69, 9.17) is 5.73 Å². The topological polar surface area (TPSA) is 68.0 Å². The third-order valence-corrected chi connectivity index (χ3v) is 3.57. The van der Waals surface area contributed by atoms with Crippen LogP contribution in [0.3, 0.4) is 0 Å². The molecular formula is C13H14FN3OS. The molecule has 1 aromatic carbocycles. The van der Waals surface area contributed by atoms with Gasteiger partial charge in [0.1, 0.15) is 11.5 Å². The predicted octanol–water partition coefficient (Wildman–Crippen LogP) is 2.34. The molecule has 4 nitrogen and oxygen atoms in total. The normalized spacial score (nSPS) is 10.5. The van der Waals surface area contributed by atoms with Crippen molar-refractivity contribution in [2.24, 2.45) is 5.73 Å². The number of nitrogens with two attached hydrogens (primary N) is 1. The molecule has 0 bridgehead atoms. The molecular weight excluding hydrogens is 265 g/mol. The smallest absolute Gasteiger partial charge is 0.275 e. The summed E-state index contributed by atoms with van der Waals surface area (Å²) in [5, 5.41) is 5.16. The maximum Gasteiger partial charge on any atom is 0.275 e. The van der Waals surface area contributed by atoms with Crippen molar-refractivity contribution in [3.05, 3.63) is 45.7 Å². The Hall–Kier alpha value is -1.79. The molecule has 3 N–H and O–H groups in total. The number of hydrogen-bond donors (Lipinski definition) is 2. The highest BCUT2D eigenvalue weighted by molar-refractivity contribution is 7.09. The average molecular weight is 279 g/mol. The van der Waals surface area contributed by atoms with Crippen molar-refractivity contribution in [1.29, 1.82) is 0 Å². The van der Waals surface area contributed by atoms with E-state index < -0.39 is 0 Å². The van der Waals surface area contributed by atoms with E-state index in [1.807, 2.05) is 0 Å². The van der Waals surface area contributed by atoms with Gasteiger partial charge in [-0.1, -0.05) is 6.07 Å². The first-order chi connectivity index (χ1) is 9.11. The molecule has 2 aromatic rings. The van der Waals surface area contributed by atoms with E-state index in [1.54, 1.807) is 24.4 Å². The number of hydrogen-bond acceptors (Lipinski definition) is 4. The lowest BCUT2D eigenvalue weighted by molar-refractivity contribution is 0.102. The Morgan fingerprint density at radius 2 is 2.32 bits per heavy atom. The van der Waals surface area contributed by atoms with Crippen LogP contribution in [-0.4, -0.2) is 17.4 Å². The van der Waals surface area contributed by atoms with Gasteiger partial charge in [0.05, 0.1) is 5.01 Å². The maximum atomic E-state index is 13.4. The molecule has 0 unspecified atom stereocenters. The Morgan fingerprint density at radius 3 is 3.05 bits per heavy atom. The average Bonchev–Trinajstić information content (AvgIpc) is 2.84. The quantitative estimate of drug-likeness (QED) is 0.902. The van der Waals surface area contributed by atoms with Crippen molar-refractivity contribution in [3.8, 4) is 0 Å². The van der Waals surface area contributed by atoms with Gasteiger partial charge in [-0.05, 0) is 25.6 Å². The van der Waals surface area contributed by atoms with Gasteiger partial charge >= 0.3 is 0 Å². The van der Waals surface area contributed by atoms with Gasteiger partial charge in [-0.2, -0.15) is 0 Å². The summed E-state index contributed by atoms with van der Waals surface area (Å²) < 4.78 is 13.4. The Bertz CT molecular complexity index is 597. The third kappa shape index (κ3) is 3.15. The van der Waals surface area contributed by atoms with Gasteiger partial charge in [0.15, 0.2) is 0 Å². The minimum absolute atomic E-state index is 0.331. The number of carbonyl (C=O) groups is 1. The van der Waals surface area contributed by atoms with Crippen LogP contribution in [0.4, 0.5) is 10.1 Å². The molecule has 0 saturated heterocycles. The van der Waals surface area contributed by atoms with Crippen molar-refractivity contribution in [2.75, 3.05) is 11.9 Å². The SMILES string of the molecule is Cc1c(F)cccc1NC(=O)c1csc(CCN)n1. The van der Waals surface area contributed by atoms with Crippen LogP contribution in [0.1, 0.15) is 21.1 Å². The van der Waals surface area contributed by atoms with Crippen LogP contribution in [-0.2, 0) is 6.42 Å². The molecule has 0 spiro atoms. The summed E-state index contributed by atoms with van der Waals surface area (Å²) in [6, 6.07) is 4.56. The molecule has 0 aliphatic heterocycles. The lowest BCUT2D eigenvalue weighted by Gasteiger charge is -2.07. The minimum atomic E-state index is -0.347. The highest BCUT2D eigenvalue weighted by Gasteiger charge is 2.12. The molecule has 2 rings (SSSR count). The lowest BCUT2D eigenvalue weighted by Crippen LogP contribution is -2.14. The van der Waals surface area contributed by atoms with Crippen LogP contribution in [0.5, 0.6) is 0 Å². The number of benzene rings is 1. The molecule has 0 aliphatic rings. The molecule has 0 saturated carbocycles. The summed E-state index contributed by atoms with van der Waals surface area (Å²) in [6.45, 7) is 2.11. The number of anilines is 1. The molecule has 100 valence electrons. The number of nitrogens with one attached hydrogen (secondary N) is 1. The molecule has 0 radical (unpaired) electrons. The van der Waals surface area contributed by atoms with E-state index in [0.717, 1.165) is 5.01 Å². The number of amides is 1. The number of nitrogens with zero attached hydrogens (tertiary/aromatic N) is 1. The van der Waals surface area contributed by atoms with Gasteiger partial charge in [0, 0.05) is 23.1 Å². The van der Waals surface area contributed by atoms with Gasteiger partial charge in [-0.15, -0.1) is 11.3 Å². The number of aromatic nitrogens is 1. The fraction of sp³-hybridized carbons (Fsp3) is 0.231. The van der Waals surface area contributed by atoms with Crippen molar-refractivity contribution in [1.82, 2.24) is 4.98 Å². The van der Waals surface area contributed by atoms with Crippen molar-refractivity contribution in [2.45, 2.75) is 13.3 Å². The second-order valence-corrected chi connectivity index (χ2v) is 4.97. The standard InChI is InChI=1S/C13H14FN3OS/c1-8-9(14)3-2-4-10(8)17-13(18)11-7-19-12(16-11)5-6-15/h2-4,7H,5-6,15H2,1H3,(H,17,18). The van der Waals surface area contributed by atoms with Gasteiger partial charge < -0.3 is 11.1 Å². The zero-order valence-corrected chi connectivity index (χ0v) is 11.3. The summed E-state index contributed by atoms with van der Waals surface area (Å²) >= 11 is 1.39. The second-order valence-electron chi connectivity index (χ2n) is 4.03. The highest BCUT2D eigenvalue weighted by Crippen LogP contribution is 2.19. The monoisotopic (exact) mass is 279 g/mol. The summed E-state index contributed by atoms with van der Waals surface area (Å²) in [6.07, 6.45) is 0.650. The van der Waals surface area contributed by atoms with Crippen LogP contribution in [0.2, 0.25) is 0 Å². The van der Waals surface area contributed by atoms with Gasteiger partial charge in [-0.25, -0.2) is 9.37 Å². The summed E-state index contributed by atoms with van der Waals surface area (Å²) in [5.41, 5.74) is 6.63. The fourth-order valence-corrected chi connectivity index (χ4v) is 2.38. The van der Waals surface area contributed by atoms with Crippen LogP contribution < -0.4 is 11.1 Å². The second kappa shape index (κ2) is 5.90. The number of rotatable bonds is 4. The van der Waals surface area contributed by atoms with Crippen molar-refractivity contribution < 1.29 is 9.18 Å². The van der Waals surface area contributed by atoms with Crippen LogP contribution in [0.25, 0.3) is 0 Å². The first-order valence-electron chi connectivity index (χ1n) is 5.82. The number of thiazole rings is 1. The van der Waals surface area contributed by atoms with E-state index in [0.29, 0.717) is 29.9 Å². The summed E-state index contributed by atoms with van der Waals surface area (Å²) in [7, 11) is 0. The molecule has 0 atom stereocenters. The summed E-state index contributed by atoms with van der Waals surface area (Å²) in [4.78, 5) is 16.2. The Labute approximate surface area is 114 Å².